The van der Waals surface area contributed by atoms with Crippen LogP contribution >= 0.6 is 27.3 Å². The van der Waals surface area contributed by atoms with Crippen molar-refractivity contribution in [1.29, 1.82) is 0 Å². The van der Waals surface area contributed by atoms with Gasteiger partial charge in [-0.1, -0.05) is 15.9 Å². The molecule has 0 aliphatic rings. The van der Waals surface area contributed by atoms with Crippen LogP contribution in [-0.4, -0.2) is 11.5 Å². The second-order valence-corrected chi connectivity index (χ2v) is 5.54. The van der Waals surface area contributed by atoms with Gasteiger partial charge in [0.25, 0.3) is 0 Å². The van der Waals surface area contributed by atoms with Gasteiger partial charge >= 0.3 is 0 Å². The SMILES string of the molecule is Cc1cc(Br)ccc1Nc1nc(CCN)cs1. The Kier molecular flexibility index (Phi) is 4.15. The van der Waals surface area contributed by atoms with E-state index in [2.05, 4.69) is 39.2 Å². The number of nitrogens with zero attached hydrogens (tertiary/aromatic N) is 1. The van der Waals surface area contributed by atoms with Crippen LogP contribution < -0.4 is 11.1 Å². The van der Waals surface area contributed by atoms with Gasteiger partial charge in [-0.05, 0) is 37.2 Å². The second-order valence-electron chi connectivity index (χ2n) is 3.77. The van der Waals surface area contributed by atoms with E-state index in [9.17, 15) is 0 Å². The summed E-state index contributed by atoms with van der Waals surface area (Å²) in [4.78, 5) is 4.47. The molecule has 0 spiro atoms. The van der Waals surface area contributed by atoms with Crippen LogP contribution in [0.25, 0.3) is 0 Å². The van der Waals surface area contributed by atoms with Gasteiger partial charge in [0.05, 0.1) is 5.69 Å². The van der Waals surface area contributed by atoms with Crippen molar-refractivity contribution < 1.29 is 0 Å². The zero-order chi connectivity index (χ0) is 12.3. The van der Waals surface area contributed by atoms with Crippen molar-refractivity contribution >= 4 is 38.1 Å². The fourth-order valence-electron chi connectivity index (χ4n) is 1.51. The summed E-state index contributed by atoms with van der Waals surface area (Å²) >= 11 is 5.06. The van der Waals surface area contributed by atoms with E-state index in [1.54, 1.807) is 11.3 Å². The number of nitrogens with one attached hydrogen (secondary N) is 1. The summed E-state index contributed by atoms with van der Waals surface area (Å²) in [6.07, 6.45) is 0.831. The second kappa shape index (κ2) is 5.62. The smallest absolute Gasteiger partial charge is 0.187 e. The minimum Gasteiger partial charge on any atom is -0.331 e. The number of hydrogen-bond acceptors (Lipinski definition) is 4. The number of nitrogens with two attached hydrogens (primary N) is 1. The summed E-state index contributed by atoms with van der Waals surface area (Å²) in [6.45, 7) is 2.71. The number of benzene rings is 1. The van der Waals surface area contributed by atoms with Crippen molar-refractivity contribution in [3.63, 3.8) is 0 Å². The van der Waals surface area contributed by atoms with E-state index < -0.39 is 0 Å². The zero-order valence-corrected chi connectivity index (χ0v) is 11.9. The summed E-state index contributed by atoms with van der Waals surface area (Å²) in [5.41, 5.74) is 8.83. The molecule has 0 aliphatic heterocycles. The van der Waals surface area contributed by atoms with E-state index in [1.807, 2.05) is 17.5 Å². The maximum Gasteiger partial charge on any atom is 0.187 e. The van der Waals surface area contributed by atoms with Crippen LogP contribution in [0.5, 0.6) is 0 Å². The average molecular weight is 312 g/mol. The Balaban J connectivity index is 2.13. The zero-order valence-electron chi connectivity index (χ0n) is 9.53. The molecule has 0 unspecified atom stereocenters. The third kappa shape index (κ3) is 3.28. The normalized spacial score (nSPS) is 10.5. The molecule has 90 valence electrons. The molecule has 2 rings (SSSR count). The number of thiazole rings is 1. The van der Waals surface area contributed by atoms with Gasteiger partial charge in [-0.2, -0.15) is 0 Å². The van der Waals surface area contributed by atoms with E-state index >= 15 is 0 Å². The molecule has 0 atom stereocenters. The summed E-state index contributed by atoms with van der Waals surface area (Å²) < 4.78 is 1.09. The number of halogens is 1. The Bertz CT molecular complexity index is 510. The summed E-state index contributed by atoms with van der Waals surface area (Å²) in [7, 11) is 0. The van der Waals surface area contributed by atoms with Gasteiger partial charge in [0.2, 0.25) is 0 Å². The van der Waals surface area contributed by atoms with Gasteiger partial charge in [0.15, 0.2) is 5.13 Å². The number of rotatable bonds is 4. The van der Waals surface area contributed by atoms with Crippen LogP contribution in [0.1, 0.15) is 11.3 Å². The first kappa shape index (κ1) is 12.5. The van der Waals surface area contributed by atoms with Crippen molar-refractivity contribution in [2.75, 3.05) is 11.9 Å². The predicted molar refractivity (Wildman–Crippen MR) is 77.0 cm³/mol. The van der Waals surface area contributed by atoms with Crippen LogP contribution in [0.4, 0.5) is 10.8 Å². The maximum atomic E-state index is 5.50. The van der Waals surface area contributed by atoms with Crippen LogP contribution in [0.3, 0.4) is 0 Å². The highest BCUT2D eigenvalue weighted by Crippen LogP contribution is 2.25. The van der Waals surface area contributed by atoms with Crippen molar-refractivity contribution in [1.82, 2.24) is 4.98 Å². The molecule has 1 aromatic carbocycles. The highest BCUT2D eigenvalue weighted by atomic mass is 79.9. The molecule has 5 heteroatoms. The minimum absolute atomic E-state index is 0.639. The molecule has 0 saturated carbocycles. The highest BCUT2D eigenvalue weighted by Gasteiger charge is 2.04. The molecular formula is C12H14BrN3S. The number of hydrogen-bond donors (Lipinski definition) is 2. The predicted octanol–water partition coefficient (Wildman–Crippen LogP) is 3.46. The maximum absolute atomic E-state index is 5.50. The molecule has 0 aliphatic carbocycles. The van der Waals surface area contributed by atoms with Gasteiger partial charge in [0.1, 0.15) is 0 Å². The van der Waals surface area contributed by atoms with Crippen molar-refractivity contribution in [3.8, 4) is 0 Å². The molecule has 3 nitrogen and oxygen atoms in total. The Labute approximate surface area is 113 Å². The first-order valence-corrected chi connectivity index (χ1v) is 7.04. The van der Waals surface area contributed by atoms with Gasteiger partial charge in [0, 0.05) is 22.0 Å². The molecule has 3 N–H and O–H groups in total. The average Bonchev–Trinajstić information content (AvgIpc) is 2.71. The topological polar surface area (TPSA) is 50.9 Å². The van der Waals surface area contributed by atoms with Crippen LogP contribution in [0.15, 0.2) is 28.1 Å². The number of aromatic nitrogens is 1. The standard InChI is InChI=1S/C12H14BrN3S/c1-8-6-9(13)2-3-11(8)16-12-15-10(4-5-14)7-17-12/h2-3,6-7H,4-5,14H2,1H3,(H,15,16). The lowest BCUT2D eigenvalue weighted by molar-refractivity contribution is 0.936. The van der Waals surface area contributed by atoms with Gasteiger partial charge in [-0.15, -0.1) is 11.3 Å². The lowest BCUT2D eigenvalue weighted by Crippen LogP contribution is -2.02. The Morgan fingerprint density at radius 1 is 1.47 bits per heavy atom. The van der Waals surface area contributed by atoms with E-state index in [-0.39, 0.29) is 0 Å². The Morgan fingerprint density at radius 2 is 2.29 bits per heavy atom. The molecule has 0 saturated heterocycles. The first-order chi connectivity index (χ1) is 8.19. The number of aryl methyl sites for hydroxylation is 1. The lowest BCUT2D eigenvalue weighted by Gasteiger charge is -2.06. The van der Waals surface area contributed by atoms with Gasteiger partial charge in [-0.25, -0.2) is 4.98 Å². The van der Waals surface area contributed by atoms with E-state index in [4.69, 9.17) is 5.73 Å². The van der Waals surface area contributed by atoms with Crippen LogP contribution in [-0.2, 0) is 6.42 Å². The fraction of sp³-hybridized carbons (Fsp3) is 0.250. The van der Waals surface area contributed by atoms with Crippen molar-refractivity contribution in [3.05, 3.63) is 39.3 Å². The molecule has 1 aromatic heterocycles. The van der Waals surface area contributed by atoms with Crippen LogP contribution in [0.2, 0.25) is 0 Å². The van der Waals surface area contributed by atoms with E-state index in [1.165, 1.54) is 5.56 Å². The monoisotopic (exact) mass is 311 g/mol. The molecule has 0 amide bonds. The third-order valence-corrected chi connectivity index (χ3v) is 3.68. The quantitative estimate of drug-likeness (QED) is 0.909. The Morgan fingerprint density at radius 3 is 3.00 bits per heavy atom. The molecule has 0 fully saturated rings. The van der Waals surface area contributed by atoms with Gasteiger partial charge in [-0.3, -0.25) is 0 Å². The largest absolute Gasteiger partial charge is 0.331 e. The Hall–Kier alpha value is -0.910. The molecular weight excluding hydrogens is 298 g/mol. The summed E-state index contributed by atoms with van der Waals surface area (Å²) in [5.74, 6) is 0. The molecule has 1 heterocycles. The molecule has 17 heavy (non-hydrogen) atoms. The molecule has 0 radical (unpaired) electrons. The summed E-state index contributed by atoms with van der Waals surface area (Å²) in [5, 5.41) is 6.28. The lowest BCUT2D eigenvalue weighted by atomic mass is 10.2. The number of anilines is 2. The first-order valence-electron chi connectivity index (χ1n) is 5.36. The van der Waals surface area contributed by atoms with Crippen LogP contribution in [0, 0.1) is 6.92 Å². The summed E-state index contributed by atoms with van der Waals surface area (Å²) in [6, 6.07) is 6.14. The van der Waals surface area contributed by atoms with E-state index in [0.717, 1.165) is 27.4 Å². The molecule has 2 aromatic rings. The van der Waals surface area contributed by atoms with Gasteiger partial charge < -0.3 is 11.1 Å². The molecule has 0 bridgehead atoms. The fourth-order valence-corrected chi connectivity index (χ4v) is 2.74. The third-order valence-electron chi connectivity index (χ3n) is 2.38. The van der Waals surface area contributed by atoms with Crippen molar-refractivity contribution in [2.45, 2.75) is 13.3 Å². The van der Waals surface area contributed by atoms with Crippen molar-refractivity contribution in [2.24, 2.45) is 5.73 Å². The highest BCUT2D eigenvalue weighted by molar-refractivity contribution is 9.10. The van der Waals surface area contributed by atoms with E-state index in [0.29, 0.717) is 6.54 Å². The minimum atomic E-state index is 0.639.